The zero-order chi connectivity index (χ0) is 20.1. The van der Waals surface area contributed by atoms with Gasteiger partial charge in [-0.3, -0.25) is 0 Å². The summed E-state index contributed by atoms with van der Waals surface area (Å²) in [6, 6.07) is 2.02. The third-order valence-corrected chi connectivity index (χ3v) is 6.71. The van der Waals surface area contributed by atoms with E-state index in [1.165, 1.54) is 6.26 Å². The van der Waals surface area contributed by atoms with E-state index in [-0.39, 0.29) is 23.8 Å². The Morgan fingerprint density at radius 1 is 1.00 bits per heavy atom. The van der Waals surface area contributed by atoms with Crippen LogP contribution in [0.1, 0.15) is 0 Å². The number of hydrogen-bond donors (Lipinski definition) is 0. The number of rotatable bonds is 6. The second-order valence-corrected chi connectivity index (χ2v) is 9.03. The van der Waals surface area contributed by atoms with Gasteiger partial charge in [0.15, 0.2) is 10.1 Å². The maximum absolute atomic E-state index is 13.8. The van der Waals surface area contributed by atoms with Crippen molar-refractivity contribution in [1.82, 2.24) is 0 Å². The van der Waals surface area contributed by atoms with Crippen molar-refractivity contribution in [2.24, 2.45) is 0 Å². The number of hydrogen-bond acceptors (Lipinski definition) is 6. The SMILES string of the molecule is CSc1ccc(S(=O)(=O)C(F)(F)C(F)(F)C(F)(F)S(=O)(=O)[O-])c(Cl)c1.[Li+]. The molecule has 16 heteroatoms. The van der Waals surface area contributed by atoms with Crippen molar-refractivity contribution in [1.29, 1.82) is 0 Å². The van der Waals surface area contributed by atoms with Gasteiger partial charge in [-0.25, -0.2) is 16.8 Å². The van der Waals surface area contributed by atoms with Crippen LogP contribution >= 0.6 is 23.4 Å². The molecule has 0 aliphatic carbocycles. The first-order valence-electron chi connectivity index (χ1n) is 5.62. The van der Waals surface area contributed by atoms with Crippen molar-refractivity contribution in [3.63, 3.8) is 0 Å². The van der Waals surface area contributed by atoms with E-state index in [2.05, 4.69) is 0 Å². The van der Waals surface area contributed by atoms with Gasteiger partial charge in [0.25, 0.3) is 9.84 Å². The van der Waals surface area contributed by atoms with Gasteiger partial charge in [-0.1, -0.05) is 11.6 Å². The standard InChI is InChI=1S/C10H7ClF6O5S3.Li/c1-23-5-2-3-7(6(11)4-5)24(18,19)9(14,15)8(12,13)10(16,17)25(20,21)22;/h2-4H,1H3,(H,20,21,22);/q;+1/p-1. The summed E-state index contributed by atoms with van der Waals surface area (Å²) >= 11 is 6.38. The molecule has 1 aromatic carbocycles. The number of thioether (sulfide) groups is 1. The molecule has 0 heterocycles. The van der Waals surface area contributed by atoms with Crippen LogP contribution in [-0.2, 0) is 20.0 Å². The molecule has 26 heavy (non-hydrogen) atoms. The Balaban J connectivity index is 0.00000625. The molecule has 0 saturated heterocycles. The van der Waals surface area contributed by atoms with E-state index < -0.39 is 46.3 Å². The van der Waals surface area contributed by atoms with Crippen molar-refractivity contribution in [2.75, 3.05) is 6.26 Å². The molecule has 0 atom stereocenters. The van der Waals surface area contributed by atoms with Gasteiger partial charge >= 0.3 is 35.3 Å². The molecular weight excluding hydrogens is 453 g/mol. The molecule has 1 aromatic rings. The molecule has 0 aliphatic heterocycles. The van der Waals surface area contributed by atoms with Crippen LogP contribution in [0.5, 0.6) is 0 Å². The molecule has 0 spiro atoms. The minimum atomic E-state index is -7.32. The summed E-state index contributed by atoms with van der Waals surface area (Å²) in [5.41, 5.74) is 0. The van der Waals surface area contributed by atoms with Gasteiger partial charge in [-0.2, -0.15) is 26.3 Å². The fraction of sp³-hybridized carbons (Fsp3) is 0.400. The molecule has 0 N–H and O–H groups in total. The van der Waals surface area contributed by atoms with Crippen molar-refractivity contribution < 1.29 is 66.6 Å². The summed E-state index contributed by atoms with van der Waals surface area (Å²) in [4.78, 5) is -1.41. The van der Waals surface area contributed by atoms with Gasteiger partial charge in [-0.15, -0.1) is 11.8 Å². The van der Waals surface area contributed by atoms with Crippen LogP contribution in [0.15, 0.2) is 28.0 Å². The van der Waals surface area contributed by atoms with Crippen molar-refractivity contribution in [3.05, 3.63) is 23.2 Å². The predicted molar refractivity (Wildman–Crippen MR) is 75.0 cm³/mol. The molecular formula is C10H6ClF6LiO5S3. The molecule has 0 radical (unpaired) electrons. The molecule has 0 bridgehead atoms. The molecule has 0 unspecified atom stereocenters. The zero-order valence-corrected chi connectivity index (χ0v) is 15.8. The van der Waals surface area contributed by atoms with Crippen LogP contribution in [0, 0.1) is 0 Å². The van der Waals surface area contributed by atoms with E-state index in [9.17, 15) is 47.7 Å². The van der Waals surface area contributed by atoms with Crippen LogP contribution in [-0.4, -0.2) is 44.1 Å². The first kappa shape index (κ1) is 25.9. The van der Waals surface area contributed by atoms with Crippen LogP contribution in [0.25, 0.3) is 0 Å². The topological polar surface area (TPSA) is 91.3 Å². The van der Waals surface area contributed by atoms with Gasteiger partial charge in [-0.05, 0) is 24.5 Å². The Bertz CT molecular complexity index is 890. The maximum Gasteiger partial charge on any atom is 1.00 e. The molecule has 0 saturated carbocycles. The second kappa shape index (κ2) is 7.73. The quantitative estimate of drug-likeness (QED) is 0.262. The average molecular weight is 459 g/mol. The van der Waals surface area contributed by atoms with Gasteiger partial charge < -0.3 is 4.55 Å². The summed E-state index contributed by atoms with van der Waals surface area (Å²) in [5.74, 6) is -7.07. The minimum absolute atomic E-state index is 0. The summed E-state index contributed by atoms with van der Waals surface area (Å²) < 4.78 is 135. The molecule has 0 amide bonds. The maximum atomic E-state index is 13.8. The average Bonchev–Trinajstić information content (AvgIpc) is 2.44. The number of halogens is 7. The van der Waals surface area contributed by atoms with Crippen molar-refractivity contribution >= 4 is 43.3 Å². The molecule has 5 nitrogen and oxygen atoms in total. The monoisotopic (exact) mass is 458 g/mol. The number of alkyl halides is 6. The summed E-state index contributed by atoms with van der Waals surface area (Å²) in [6.07, 6.45) is 1.47. The normalized spacial score (nSPS) is 14.0. The number of sulfone groups is 1. The van der Waals surface area contributed by atoms with Crippen molar-refractivity contribution in [2.45, 2.75) is 26.2 Å². The molecule has 0 aliphatic rings. The van der Waals surface area contributed by atoms with Gasteiger partial charge in [0.05, 0.1) is 9.92 Å². The van der Waals surface area contributed by atoms with E-state index in [4.69, 9.17) is 11.6 Å². The Hall–Kier alpha value is -0.103. The van der Waals surface area contributed by atoms with Crippen LogP contribution in [0.2, 0.25) is 5.02 Å². The smallest absolute Gasteiger partial charge is 0.743 e. The van der Waals surface area contributed by atoms with Gasteiger partial charge in [0, 0.05) is 4.90 Å². The zero-order valence-electron chi connectivity index (χ0n) is 12.6. The predicted octanol–water partition coefficient (Wildman–Crippen LogP) is 0.206. The summed E-state index contributed by atoms with van der Waals surface area (Å²) in [6.45, 7) is 0. The Morgan fingerprint density at radius 3 is 1.81 bits per heavy atom. The Morgan fingerprint density at radius 2 is 1.46 bits per heavy atom. The molecule has 0 fully saturated rings. The van der Waals surface area contributed by atoms with Crippen molar-refractivity contribution in [3.8, 4) is 0 Å². The number of benzene rings is 1. The summed E-state index contributed by atoms with van der Waals surface area (Å²) in [7, 11) is -13.9. The fourth-order valence-corrected chi connectivity index (χ4v) is 4.26. The Labute approximate surface area is 165 Å². The fourth-order valence-electron chi connectivity index (χ4n) is 1.46. The third-order valence-electron chi connectivity index (χ3n) is 2.81. The van der Waals surface area contributed by atoms with E-state index in [1.807, 2.05) is 0 Å². The molecule has 0 aromatic heterocycles. The van der Waals surface area contributed by atoms with Crippen LogP contribution < -0.4 is 18.9 Å². The van der Waals surface area contributed by atoms with E-state index in [0.717, 1.165) is 23.9 Å². The summed E-state index contributed by atoms with van der Waals surface area (Å²) in [5, 5.41) is -14.6. The van der Waals surface area contributed by atoms with Crippen LogP contribution in [0.3, 0.4) is 0 Å². The van der Waals surface area contributed by atoms with Gasteiger partial charge in [0.1, 0.15) is 0 Å². The van der Waals surface area contributed by atoms with E-state index in [0.29, 0.717) is 6.07 Å². The second-order valence-electron chi connectivity index (χ2n) is 4.36. The van der Waals surface area contributed by atoms with E-state index in [1.54, 1.807) is 0 Å². The Kier molecular flexibility index (Phi) is 7.70. The first-order chi connectivity index (χ1) is 10.9. The van der Waals surface area contributed by atoms with Crippen LogP contribution in [0.4, 0.5) is 26.3 Å². The third kappa shape index (κ3) is 3.87. The molecule has 1 rings (SSSR count). The minimum Gasteiger partial charge on any atom is -0.743 e. The molecule has 144 valence electrons. The first-order valence-corrected chi connectivity index (χ1v) is 10.1. The van der Waals surface area contributed by atoms with Gasteiger partial charge in [0.2, 0.25) is 0 Å². The van der Waals surface area contributed by atoms with E-state index >= 15 is 0 Å². The largest absolute Gasteiger partial charge is 1.00 e.